The Labute approximate surface area is 144 Å². The Morgan fingerprint density at radius 1 is 1.14 bits per heavy atom. The first kappa shape index (κ1) is 15.2. The highest BCUT2D eigenvalue weighted by Gasteiger charge is 2.28. The van der Waals surface area contributed by atoms with Gasteiger partial charge in [-0.05, 0) is 46.9 Å². The maximum atomic E-state index is 6.36. The molecule has 1 aliphatic carbocycles. The minimum Gasteiger partial charge on any atom is -0.231 e. The topological polar surface area (TPSA) is 25.8 Å². The number of nitrogens with zero attached hydrogens (tertiary/aromatic N) is 2. The molecular formula is C17H18ClIN2. The van der Waals surface area contributed by atoms with E-state index >= 15 is 0 Å². The lowest BCUT2D eigenvalue weighted by atomic mass is 9.92. The first-order valence-corrected chi connectivity index (χ1v) is 8.66. The zero-order valence-electron chi connectivity index (χ0n) is 12.5. The number of rotatable bonds is 2. The predicted molar refractivity (Wildman–Crippen MR) is 95.9 cm³/mol. The normalized spacial score (nSPS) is 15.3. The minimum atomic E-state index is -0.0492. The number of hydrogen-bond acceptors (Lipinski definition) is 2. The molecule has 2 aromatic rings. The van der Waals surface area contributed by atoms with E-state index in [0.29, 0.717) is 11.1 Å². The Bertz CT molecular complexity index is 688. The third kappa shape index (κ3) is 3.09. The van der Waals surface area contributed by atoms with Gasteiger partial charge >= 0.3 is 0 Å². The summed E-state index contributed by atoms with van der Waals surface area (Å²) in [6.45, 7) is 6.47. The summed E-state index contributed by atoms with van der Waals surface area (Å²) in [6.07, 6.45) is 2.53. The number of hydrogen-bond donors (Lipinski definition) is 0. The van der Waals surface area contributed by atoms with Crippen LogP contribution in [0.25, 0.3) is 11.4 Å². The second-order valence-electron chi connectivity index (χ2n) is 6.61. The summed E-state index contributed by atoms with van der Waals surface area (Å²) >= 11 is 8.61. The number of aromatic nitrogens is 2. The molecule has 0 N–H and O–H groups in total. The van der Waals surface area contributed by atoms with E-state index in [1.54, 1.807) is 0 Å². The van der Waals surface area contributed by atoms with Gasteiger partial charge in [0.05, 0.1) is 9.26 Å². The van der Waals surface area contributed by atoms with E-state index in [2.05, 4.69) is 66.5 Å². The molecule has 0 bridgehead atoms. The molecule has 0 aliphatic heterocycles. The monoisotopic (exact) mass is 412 g/mol. The fourth-order valence-electron chi connectivity index (χ4n) is 2.49. The van der Waals surface area contributed by atoms with Crippen LogP contribution in [0.3, 0.4) is 0 Å². The third-order valence-electron chi connectivity index (χ3n) is 3.74. The van der Waals surface area contributed by atoms with Crippen molar-refractivity contribution in [1.82, 2.24) is 9.97 Å². The van der Waals surface area contributed by atoms with Gasteiger partial charge in [-0.2, -0.15) is 0 Å². The van der Waals surface area contributed by atoms with Crippen molar-refractivity contribution in [2.45, 2.75) is 44.9 Å². The molecule has 4 heteroatoms. The van der Waals surface area contributed by atoms with E-state index in [9.17, 15) is 0 Å². The van der Waals surface area contributed by atoms with Crippen LogP contribution in [0.5, 0.6) is 0 Å². The number of benzene rings is 1. The zero-order chi connectivity index (χ0) is 15.2. The Morgan fingerprint density at radius 2 is 1.81 bits per heavy atom. The quantitative estimate of drug-likeness (QED) is 0.475. The molecule has 1 saturated carbocycles. The first-order valence-electron chi connectivity index (χ1n) is 7.20. The molecule has 0 amide bonds. The van der Waals surface area contributed by atoms with Crippen molar-refractivity contribution in [3.8, 4) is 11.4 Å². The summed E-state index contributed by atoms with van der Waals surface area (Å²) in [7, 11) is 0. The van der Waals surface area contributed by atoms with E-state index in [-0.39, 0.29) is 5.41 Å². The average molecular weight is 413 g/mol. The van der Waals surface area contributed by atoms with Gasteiger partial charge in [0, 0.05) is 11.0 Å². The molecule has 1 aromatic carbocycles. The molecule has 0 unspecified atom stereocenters. The second-order valence-corrected chi connectivity index (χ2v) is 8.05. The minimum absolute atomic E-state index is 0.0492. The molecule has 0 atom stereocenters. The Kier molecular flexibility index (Phi) is 3.99. The van der Waals surface area contributed by atoms with Gasteiger partial charge in [-0.25, -0.2) is 9.97 Å². The van der Waals surface area contributed by atoms with Crippen LogP contribution < -0.4 is 0 Å². The summed E-state index contributed by atoms with van der Waals surface area (Å²) < 4.78 is 0.953. The maximum Gasteiger partial charge on any atom is 0.161 e. The van der Waals surface area contributed by atoms with Crippen molar-refractivity contribution in [3.63, 3.8) is 0 Å². The smallest absolute Gasteiger partial charge is 0.161 e. The van der Waals surface area contributed by atoms with Crippen molar-refractivity contribution in [1.29, 1.82) is 0 Å². The lowest BCUT2D eigenvalue weighted by molar-refractivity contribution is 0.563. The summed E-state index contributed by atoms with van der Waals surface area (Å²) in [5, 5.41) is 0.552. The van der Waals surface area contributed by atoms with E-state index in [1.807, 2.05) is 6.07 Å². The molecule has 21 heavy (non-hydrogen) atoms. The van der Waals surface area contributed by atoms with Crippen molar-refractivity contribution < 1.29 is 0 Å². The molecule has 110 valence electrons. The van der Waals surface area contributed by atoms with Crippen LogP contribution in [0.15, 0.2) is 24.3 Å². The van der Waals surface area contributed by atoms with Gasteiger partial charge in [0.15, 0.2) is 5.82 Å². The largest absolute Gasteiger partial charge is 0.231 e. The van der Waals surface area contributed by atoms with Crippen LogP contribution in [-0.2, 0) is 5.41 Å². The van der Waals surface area contributed by atoms with Crippen LogP contribution in [-0.4, -0.2) is 9.97 Å². The second kappa shape index (κ2) is 5.51. The average Bonchev–Trinajstić information content (AvgIpc) is 3.25. The predicted octanol–water partition coefficient (Wildman–Crippen LogP) is 5.58. The maximum absolute atomic E-state index is 6.36. The summed E-state index contributed by atoms with van der Waals surface area (Å²) in [6, 6.07) is 8.45. The van der Waals surface area contributed by atoms with Gasteiger partial charge in [0.1, 0.15) is 5.15 Å². The molecule has 0 saturated heterocycles. The lowest BCUT2D eigenvalue weighted by Gasteiger charge is -2.21. The molecule has 0 radical (unpaired) electrons. The van der Waals surface area contributed by atoms with Crippen molar-refractivity contribution >= 4 is 34.2 Å². The van der Waals surface area contributed by atoms with E-state index in [4.69, 9.17) is 16.6 Å². The molecule has 0 spiro atoms. The number of halogens is 2. The summed E-state index contributed by atoms with van der Waals surface area (Å²) in [5.74, 6) is 1.42. The van der Waals surface area contributed by atoms with Crippen LogP contribution in [0.4, 0.5) is 0 Å². The third-order valence-corrected chi connectivity index (χ3v) is 5.35. The fraction of sp³-hybridized carbons (Fsp3) is 0.412. The highest BCUT2D eigenvalue weighted by molar-refractivity contribution is 14.1. The zero-order valence-corrected chi connectivity index (χ0v) is 15.4. The van der Waals surface area contributed by atoms with Crippen LogP contribution in [0, 0.1) is 3.57 Å². The lowest BCUT2D eigenvalue weighted by Crippen LogP contribution is -2.17. The Hall–Kier alpha value is -0.680. The van der Waals surface area contributed by atoms with Crippen molar-refractivity contribution in [2.75, 3.05) is 0 Å². The van der Waals surface area contributed by atoms with Gasteiger partial charge in [-0.3, -0.25) is 0 Å². The van der Waals surface area contributed by atoms with Gasteiger partial charge in [-0.15, -0.1) is 0 Å². The first-order chi connectivity index (χ1) is 9.88. The van der Waals surface area contributed by atoms with Gasteiger partial charge in [0.25, 0.3) is 0 Å². The molecular weight excluding hydrogens is 395 g/mol. The molecule has 1 aliphatic rings. The summed E-state index contributed by atoms with van der Waals surface area (Å²) in [5.41, 5.74) is 3.45. The van der Waals surface area contributed by atoms with Crippen molar-refractivity contribution in [2.24, 2.45) is 0 Å². The molecule has 3 rings (SSSR count). The molecule has 1 fully saturated rings. The van der Waals surface area contributed by atoms with Gasteiger partial charge < -0.3 is 0 Å². The Balaban J connectivity index is 2.18. The SMILES string of the molecule is CC(C)(C)c1nc(-c2ccccc2C2CC2)nc(Cl)c1I. The van der Waals surface area contributed by atoms with Crippen LogP contribution in [0.1, 0.15) is 50.8 Å². The highest BCUT2D eigenvalue weighted by Crippen LogP contribution is 2.44. The van der Waals surface area contributed by atoms with Crippen LogP contribution >= 0.6 is 34.2 Å². The van der Waals surface area contributed by atoms with Gasteiger partial charge in [-0.1, -0.05) is 56.6 Å². The Morgan fingerprint density at radius 3 is 2.43 bits per heavy atom. The van der Waals surface area contributed by atoms with Crippen molar-refractivity contribution in [3.05, 3.63) is 44.2 Å². The van der Waals surface area contributed by atoms with E-state index in [0.717, 1.165) is 20.7 Å². The molecule has 2 nitrogen and oxygen atoms in total. The molecule has 1 heterocycles. The van der Waals surface area contributed by atoms with E-state index < -0.39 is 0 Å². The van der Waals surface area contributed by atoms with E-state index in [1.165, 1.54) is 18.4 Å². The van der Waals surface area contributed by atoms with Crippen LogP contribution in [0.2, 0.25) is 5.15 Å². The standard InChI is InChI=1S/C17H18ClIN2/c1-17(2,3)14-13(19)15(18)21-16(20-14)12-7-5-4-6-11(12)10-8-9-10/h4-7,10H,8-9H2,1-3H3. The fourth-order valence-corrected chi connectivity index (χ4v) is 3.71. The van der Waals surface area contributed by atoms with Gasteiger partial charge in [0.2, 0.25) is 0 Å². The molecule has 1 aromatic heterocycles. The highest BCUT2D eigenvalue weighted by atomic mass is 127. The summed E-state index contributed by atoms with van der Waals surface area (Å²) in [4.78, 5) is 9.38.